The summed E-state index contributed by atoms with van der Waals surface area (Å²) in [6.07, 6.45) is 2.03. The van der Waals surface area contributed by atoms with Crippen LogP contribution in [0.2, 0.25) is 0 Å². The highest BCUT2D eigenvalue weighted by molar-refractivity contribution is 9.11. The van der Waals surface area contributed by atoms with Gasteiger partial charge >= 0.3 is 0 Å². The van der Waals surface area contributed by atoms with Gasteiger partial charge in [-0.25, -0.2) is 0 Å². The van der Waals surface area contributed by atoms with Crippen LogP contribution in [0.4, 0.5) is 5.69 Å². The standard InChI is InChI=1S/C18H18Br2N2O2/c19-12-8-14(20)17(15(21)9-12)18(23)22-10-13-6-7-16(24-13)11-4-2-1-3-5-11/h1-5,8-9,13,16H,6-7,10,21H2,(H,22,23). The van der Waals surface area contributed by atoms with Crippen molar-refractivity contribution >= 4 is 43.5 Å². The largest absolute Gasteiger partial charge is 0.398 e. The predicted molar refractivity (Wildman–Crippen MR) is 102 cm³/mol. The molecule has 0 bridgehead atoms. The van der Waals surface area contributed by atoms with E-state index in [9.17, 15) is 4.79 Å². The number of benzene rings is 2. The molecule has 1 saturated heterocycles. The maximum Gasteiger partial charge on any atom is 0.254 e. The van der Waals surface area contributed by atoms with Gasteiger partial charge in [-0.2, -0.15) is 0 Å². The van der Waals surface area contributed by atoms with Crippen LogP contribution in [-0.2, 0) is 4.74 Å². The third-order valence-corrected chi connectivity index (χ3v) is 5.17. The molecule has 1 aliphatic rings. The van der Waals surface area contributed by atoms with E-state index in [1.807, 2.05) is 24.3 Å². The van der Waals surface area contributed by atoms with Crippen molar-refractivity contribution < 1.29 is 9.53 Å². The fourth-order valence-corrected chi connectivity index (χ4v) is 4.34. The van der Waals surface area contributed by atoms with Crippen LogP contribution in [0.15, 0.2) is 51.4 Å². The first-order valence-electron chi connectivity index (χ1n) is 7.77. The molecule has 2 aromatic carbocycles. The Morgan fingerprint density at radius 1 is 1.21 bits per heavy atom. The molecule has 3 N–H and O–H groups in total. The smallest absolute Gasteiger partial charge is 0.254 e. The van der Waals surface area contributed by atoms with Gasteiger partial charge in [0.1, 0.15) is 0 Å². The number of carbonyl (C=O) groups excluding carboxylic acids is 1. The Kier molecular flexibility index (Phi) is 5.58. The van der Waals surface area contributed by atoms with Crippen LogP contribution in [0.1, 0.15) is 34.9 Å². The van der Waals surface area contributed by atoms with Crippen LogP contribution in [0, 0.1) is 0 Å². The summed E-state index contributed by atoms with van der Waals surface area (Å²) in [6.45, 7) is 0.476. The fourth-order valence-electron chi connectivity index (χ4n) is 2.90. The van der Waals surface area contributed by atoms with E-state index in [2.05, 4.69) is 49.3 Å². The number of anilines is 1. The van der Waals surface area contributed by atoms with Crippen molar-refractivity contribution in [3.05, 3.63) is 62.5 Å². The average molecular weight is 454 g/mol. The second-order valence-electron chi connectivity index (χ2n) is 5.80. The first kappa shape index (κ1) is 17.5. The zero-order valence-corrected chi connectivity index (χ0v) is 16.1. The van der Waals surface area contributed by atoms with E-state index in [0.29, 0.717) is 22.3 Å². The zero-order chi connectivity index (χ0) is 17.1. The van der Waals surface area contributed by atoms with Crippen LogP contribution in [0.5, 0.6) is 0 Å². The van der Waals surface area contributed by atoms with Gasteiger partial charge in [0.25, 0.3) is 5.91 Å². The summed E-state index contributed by atoms with van der Waals surface area (Å²) < 4.78 is 7.54. The van der Waals surface area contributed by atoms with Gasteiger partial charge in [-0.15, -0.1) is 0 Å². The molecule has 1 aliphatic heterocycles. The molecule has 0 aliphatic carbocycles. The van der Waals surface area contributed by atoms with Crippen LogP contribution >= 0.6 is 31.9 Å². The van der Waals surface area contributed by atoms with Gasteiger partial charge in [-0.05, 0) is 46.5 Å². The maximum atomic E-state index is 12.4. The lowest BCUT2D eigenvalue weighted by Crippen LogP contribution is -2.32. The van der Waals surface area contributed by atoms with E-state index in [1.54, 1.807) is 6.07 Å². The minimum atomic E-state index is -0.196. The van der Waals surface area contributed by atoms with Crippen molar-refractivity contribution in [2.24, 2.45) is 0 Å². The Morgan fingerprint density at radius 3 is 2.67 bits per heavy atom. The van der Waals surface area contributed by atoms with Gasteiger partial charge in [0, 0.05) is 21.2 Å². The molecule has 4 nitrogen and oxygen atoms in total. The number of ether oxygens (including phenoxy) is 1. The van der Waals surface area contributed by atoms with Gasteiger partial charge in [-0.1, -0.05) is 46.3 Å². The van der Waals surface area contributed by atoms with Crippen molar-refractivity contribution in [1.29, 1.82) is 0 Å². The summed E-state index contributed by atoms with van der Waals surface area (Å²) in [5, 5.41) is 2.92. The van der Waals surface area contributed by atoms with E-state index in [1.165, 1.54) is 5.56 Å². The lowest BCUT2D eigenvalue weighted by atomic mass is 10.1. The Balaban J connectivity index is 1.58. The number of carbonyl (C=O) groups is 1. The summed E-state index contributed by atoms with van der Waals surface area (Å²) in [4.78, 5) is 12.4. The highest BCUT2D eigenvalue weighted by Crippen LogP contribution is 2.32. The van der Waals surface area contributed by atoms with E-state index in [4.69, 9.17) is 10.5 Å². The number of hydrogen-bond donors (Lipinski definition) is 2. The molecule has 24 heavy (non-hydrogen) atoms. The third-order valence-electron chi connectivity index (χ3n) is 4.08. The molecule has 6 heteroatoms. The summed E-state index contributed by atoms with van der Waals surface area (Å²) >= 11 is 6.75. The number of halogens is 2. The first-order chi connectivity index (χ1) is 11.5. The number of nitrogens with one attached hydrogen (secondary N) is 1. The zero-order valence-electron chi connectivity index (χ0n) is 13.0. The summed E-state index contributed by atoms with van der Waals surface area (Å²) in [5.74, 6) is -0.196. The molecule has 0 saturated carbocycles. The Hall–Kier alpha value is -1.37. The van der Waals surface area contributed by atoms with Crippen molar-refractivity contribution in [3.63, 3.8) is 0 Å². The van der Waals surface area contributed by atoms with Crippen LogP contribution in [-0.4, -0.2) is 18.6 Å². The number of rotatable bonds is 4. The van der Waals surface area contributed by atoms with E-state index in [-0.39, 0.29) is 18.1 Å². The summed E-state index contributed by atoms with van der Waals surface area (Å²) in [6, 6.07) is 13.7. The van der Waals surface area contributed by atoms with Gasteiger partial charge in [0.2, 0.25) is 0 Å². The lowest BCUT2D eigenvalue weighted by molar-refractivity contribution is 0.0436. The monoisotopic (exact) mass is 452 g/mol. The molecular formula is C18H18Br2N2O2. The average Bonchev–Trinajstić information content (AvgIpc) is 3.02. The van der Waals surface area contributed by atoms with Gasteiger partial charge in [-0.3, -0.25) is 4.79 Å². The molecule has 2 unspecified atom stereocenters. The van der Waals surface area contributed by atoms with Crippen molar-refractivity contribution in [3.8, 4) is 0 Å². The van der Waals surface area contributed by atoms with Gasteiger partial charge in [0.15, 0.2) is 0 Å². The fraction of sp³-hybridized carbons (Fsp3) is 0.278. The van der Waals surface area contributed by atoms with Crippen LogP contribution < -0.4 is 11.1 Å². The highest BCUT2D eigenvalue weighted by atomic mass is 79.9. The molecule has 3 rings (SSSR count). The second-order valence-corrected chi connectivity index (χ2v) is 7.57. The minimum Gasteiger partial charge on any atom is -0.398 e. The Morgan fingerprint density at radius 2 is 1.96 bits per heavy atom. The molecule has 2 atom stereocenters. The number of hydrogen-bond acceptors (Lipinski definition) is 3. The normalized spacial score (nSPS) is 20.1. The third kappa shape index (κ3) is 3.99. The Labute approximate surface area is 158 Å². The molecule has 126 valence electrons. The molecule has 1 heterocycles. The molecule has 0 spiro atoms. The van der Waals surface area contributed by atoms with E-state index < -0.39 is 0 Å². The number of nitrogens with two attached hydrogens (primary N) is 1. The molecule has 2 aromatic rings. The van der Waals surface area contributed by atoms with Crippen LogP contribution in [0.25, 0.3) is 0 Å². The first-order valence-corrected chi connectivity index (χ1v) is 9.36. The topological polar surface area (TPSA) is 64.4 Å². The van der Waals surface area contributed by atoms with Crippen molar-refractivity contribution in [2.45, 2.75) is 25.0 Å². The predicted octanol–water partition coefficient (Wildman–Crippen LogP) is 4.44. The van der Waals surface area contributed by atoms with E-state index >= 15 is 0 Å². The molecular weight excluding hydrogens is 436 g/mol. The Bertz CT molecular complexity index is 714. The highest BCUT2D eigenvalue weighted by Gasteiger charge is 2.27. The summed E-state index contributed by atoms with van der Waals surface area (Å²) in [7, 11) is 0. The molecule has 1 amide bonds. The number of amides is 1. The van der Waals surface area contributed by atoms with Gasteiger partial charge < -0.3 is 15.8 Å². The summed E-state index contributed by atoms with van der Waals surface area (Å²) in [5.41, 5.74) is 8.03. The maximum absolute atomic E-state index is 12.4. The van der Waals surface area contributed by atoms with Gasteiger partial charge in [0.05, 0.1) is 17.8 Å². The SMILES string of the molecule is Nc1cc(Br)cc(Br)c1C(=O)NCC1CCC(c2ccccc2)O1. The quantitative estimate of drug-likeness (QED) is 0.672. The molecule has 0 radical (unpaired) electrons. The lowest BCUT2D eigenvalue weighted by Gasteiger charge is -2.16. The van der Waals surface area contributed by atoms with E-state index in [0.717, 1.165) is 17.3 Å². The molecule has 1 fully saturated rings. The van der Waals surface area contributed by atoms with Crippen LogP contribution in [0.3, 0.4) is 0 Å². The number of nitrogen functional groups attached to an aromatic ring is 1. The molecule has 0 aromatic heterocycles. The van der Waals surface area contributed by atoms with Crippen molar-refractivity contribution in [1.82, 2.24) is 5.32 Å². The second kappa shape index (κ2) is 7.68. The van der Waals surface area contributed by atoms with Crippen molar-refractivity contribution in [2.75, 3.05) is 12.3 Å². The minimum absolute atomic E-state index is 0.0228.